The molecule has 8 aromatic rings. The molecular weight excluding hydrogens is 1120 g/mol. The van der Waals surface area contributed by atoms with Crippen LogP contribution in [0.3, 0.4) is 0 Å². The van der Waals surface area contributed by atoms with Gasteiger partial charge in [-0.2, -0.15) is 37.2 Å². The maximum atomic E-state index is 13.6. The van der Waals surface area contributed by atoms with Crippen molar-refractivity contribution in [3.63, 3.8) is 0 Å². The van der Waals surface area contributed by atoms with E-state index >= 15 is 0 Å². The van der Waals surface area contributed by atoms with Crippen molar-refractivity contribution < 1.29 is 18.9 Å². The Morgan fingerprint density at radius 1 is 0.613 bits per heavy atom. The molecule has 0 aliphatic carbocycles. The van der Waals surface area contributed by atoms with Gasteiger partial charge in [-0.05, 0) is 131 Å². The molecule has 13 rings (SSSR count). The van der Waals surface area contributed by atoms with Gasteiger partial charge in [0.2, 0.25) is 0 Å². The number of pyridine rings is 6. The van der Waals surface area contributed by atoms with Crippen LogP contribution in [-0.2, 0) is 23.4 Å². The van der Waals surface area contributed by atoms with Crippen molar-refractivity contribution in [1.82, 2.24) is 49.5 Å². The smallest absolute Gasteiger partial charge is 0.399 e. The SMILES string of the molecule is Cc1cc(-c2ccc3c(n2)N(C(=O)Nc2cncc(-c4cnn(C)c4)c2)[C@H]2CCN3C2)ccn1.Cc1cc(-c2ccc3c(n2)N(C(=O)Nc2cncc(Br)c2)[C@H]2CCN3C2)ccn1.Cn1cc(B2OC(C)(C)C(C)(C)O2)cn1.S.S. The summed E-state index contributed by atoms with van der Waals surface area (Å²) in [5.74, 6) is 1.39. The van der Waals surface area contributed by atoms with Crippen LogP contribution in [0.15, 0.2) is 127 Å². The second kappa shape index (κ2) is 23.4. The number of nitrogens with zero attached hydrogens (tertiary/aromatic N) is 14. The number of aryl methyl sites for hydroxylation is 4. The molecular formula is C56H64BBrN16O4S2. The number of hydrogen-bond acceptors (Lipinski definition) is 14. The van der Waals surface area contributed by atoms with E-state index in [4.69, 9.17) is 19.3 Å². The molecule has 0 saturated carbocycles. The van der Waals surface area contributed by atoms with E-state index in [0.29, 0.717) is 23.0 Å². The number of carbonyl (C=O) groups excluding carboxylic acids is 2. The molecule has 0 spiro atoms. The van der Waals surface area contributed by atoms with Crippen LogP contribution in [0.4, 0.5) is 44.0 Å². The number of aromatic nitrogens is 10. The molecule has 8 aromatic heterocycles. The molecule has 0 aromatic carbocycles. The highest BCUT2D eigenvalue weighted by molar-refractivity contribution is 9.10. The van der Waals surface area contributed by atoms with E-state index in [9.17, 15) is 9.59 Å². The van der Waals surface area contributed by atoms with Gasteiger partial charge in [0.25, 0.3) is 0 Å². The third-order valence-electron chi connectivity index (χ3n) is 15.0. The molecule has 20 nitrogen and oxygen atoms in total. The molecule has 3 saturated heterocycles. The first-order valence-electron chi connectivity index (χ1n) is 25.9. The van der Waals surface area contributed by atoms with Gasteiger partial charge in [0.05, 0.1) is 76.0 Å². The Bertz CT molecular complexity index is 3550. The number of anilines is 6. The number of amides is 4. The topological polar surface area (TPSA) is 203 Å². The van der Waals surface area contributed by atoms with Crippen molar-refractivity contribution in [1.29, 1.82) is 0 Å². The Labute approximate surface area is 487 Å². The molecule has 0 radical (unpaired) electrons. The highest BCUT2D eigenvalue weighted by atomic mass is 79.9. The third kappa shape index (κ3) is 11.9. The lowest BCUT2D eigenvalue weighted by atomic mass is 9.82. The van der Waals surface area contributed by atoms with Crippen molar-refractivity contribution >= 4 is 102 Å². The minimum absolute atomic E-state index is 0. The summed E-state index contributed by atoms with van der Waals surface area (Å²) in [5.41, 5.74) is 11.0. The first-order chi connectivity index (χ1) is 37.4. The molecule has 0 unspecified atom stereocenters. The van der Waals surface area contributed by atoms with Crippen molar-refractivity contribution in [3.8, 4) is 33.6 Å². The lowest BCUT2D eigenvalue weighted by Gasteiger charge is -2.36. The summed E-state index contributed by atoms with van der Waals surface area (Å²) in [6.07, 6.45) is 19.5. The molecule has 4 bridgehead atoms. The summed E-state index contributed by atoms with van der Waals surface area (Å²) in [7, 11) is 3.45. The van der Waals surface area contributed by atoms with Crippen molar-refractivity contribution in [2.45, 2.75) is 77.7 Å². The fraction of sp³-hybridized carbons (Fsp3) is 0.321. The molecule has 5 aliphatic rings. The van der Waals surface area contributed by atoms with Gasteiger partial charge in [0, 0.05) is 127 Å². The van der Waals surface area contributed by atoms with E-state index in [1.165, 1.54) is 0 Å². The molecule has 2 atom stereocenters. The summed E-state index contributed by atoms with van der Waals surface area (Å²) in [6, 6.07) is 19.6. The molecule has 80 heavy (non-hydrogen) atoms. The molecule has 3 fully saturated rings. The second-order valence-electron chi connectivity index (χ2n) is 21.1. The van der Waals surface area contributed by atoms with E-state index in [1.807, 2.05) is 121 Å². The quantitative estimate of drug-likeness (QED) is 0.149. The summed E-state index contributed by atoms with van der Waals surface area (Å²) < 4.78 is 16.1. The maximum Gasteiger partial charge on any atom is 0.498 e. The van der Waals surface area contributed by atoms with Crippen LogP contribution in [0, 0.1) is 13.8 Å². The zero-order chi connectivity index (χ0) is 54.5. The number of hydrogen-bond donors (Lipinski definition) is 2. The molecule has 4 amide bonds. The number of rotatable bonds is 6. The average Bonchev–Trinajstić information content (AvgIpc) is 4.38. The van der Waals surface area contributed by atoms with E-state index in [-0.39, 0.29) is 69.5 Å². The predicted octanol–water partition coefficient (Wildman–Crippen LogP) is 9.06. The number of carbonyl (C=O) groups is 2. The number of halogens is 1. The van der Waals surface area contributed by atoms with Gasteiger partial charge in [-0.3, -0.25) is 39.1 Å². The van der Waals surface area contributed by atoms with Gasteiger partial charge in [-0.25, -0.2) is 19.6 Å². The van der Waals surface area contributed by atoms with Crippen LogP contribution in [0.5, 0.6) is 0 Å². The standard InChI is InChI=1S/C25H24N8O.C21H19BrN6O.C10H17BN2O2.2H2S/c1-16-9-17(5-7-27-16)22-3-4-23-24(30-22)33(21-6-8-32(23)15-21)25(34)29-20-10-18(11-26-13-20)19-12-28-31(2)14-19;1-13-8-14(4-6-24-13)18-2-3-19-20(26-18)28(17-5-7-27(19)12-17)21(29)25-16-9-15(22)10-23-11-16;1-9(2)10(3,4)15-11(14-9)8-6-12-13(5)7-8;;/h3-5,7,9-14,21H,6,8,15H2,1-2H3,(H,29,34);2-4,6,8-11,17H,5,7,12H2,1H3,(H,25,29);6-7H,1-5H3;2*1H2/t21-;17-;;;/m00.../s1. The van der Waals surface area contributed by atoms with E-state index in [2.05, 4.69) is 78.6 Å². The number of fused-ring (bicyclic) bond motifs is 8. The summed E-state index contributed by atoms with van der Waals surface area (Å²) in [4.78, 5) is 61.9. The van der Waals surface area contributed by atoms with E-state index in [1.54, 1.807) is 63.8 Å². The Balaban J connectivity index is 0.000000153. The largest absolute Gasteiger partial charge is 0.498 e. The van der Waals surface area contributed by atoms with Crippen LogP contribution in [-0.4, -0.2) is 118 Å². The van der Waals surface area contributed by atoms with Gasteiger partial charge >= 0.3 is 19.2 Å². The van der Waals surface area contributed by atoms with Crippen molar-refractivity contribution in [2.24, 2.45) is 14.1 Å². The lowest BCUT2D eigenvalue weighted by molar-refractivity contribution is 0.00578. The van der Waals surface area contributed by atoms with Crippen LogP contribution in [0.25, 0.3) is 33.6 Å². The van der Waals surface area contributed by atoms with Crippen LogP contribution >= 0.6 is 42.9 Å². The Kier molecular flexibility index (Phi) is 16.7. The van der Waals surface area contributed by atoms with Gasteiger partial charge in [-0.15, -0.1) is 0 Å². The molecule has 24 heteroatoms. The summed E-state index contributed by atoms with van der Waals surface area (Å²) in [5, 5.41) is 14.4. The van der Waals surface area contributed by atoms with Gasteiger partial charge in [0.1, 0.15) is 0 Å². The van der Waals surface area contributed by atoms with Gasteiger partial charge < -0.3 is 29.7 Å². The first-order valence-corrected chi connectivity index (χ1v) is 26.7. The zero-order valence-electron chi connectivity index (χ0n) is 45.8. The Morgan fingerprint density at radius 3 is 1.59 bits per heavy atom. The highest BCUT2D eigenvalue weighted by Gasteiger charge is 2.52. The van der Waals surface area contributed by atoms with Gasteiger partial charge in [0.15, 0.2) is 11.6 Å². The number of urea groups is 2. The molecule has 5 aliphatic heterocycles. The lowest BCUT2D eigenvalue weighted by Crippen LogP contribution is -2.48. The summed E-state index contributed by atoms with van der Waals surface area (Å²) in [6.45, 7) is 15.6. The van der Waals surface area contributed by atoms with Gasteiger partial charge in [-0.1, -0.05) is 0 Å². The predicted molar refractivity (Wildman–Crippen MR) is 327 cm³/mol. The average molecular weight is 1180 g/mol. The van der Waals surface area contributed by atoms with E-state index < -0.39 is 0 Å². The molecule has 414 valence electrons. The monoisotopic (exact) mass is 1180 g/mol. The molecule has 13 heterocycles. The van der Waals surface area contributed by atoms with Crippen LogP contribution in [0.1, 0.15) is 51.9 Å². The van der Waals surface area contributed by atoms with E-state index in [0.717, 1.165) is 105 Å². The van der Waals surface area contributed by atoms with Crippen LogP contribution < -0.4 is 35.7 Å². The second-order valence-corrected chi connectivity index (χ2v) is 22.0. The normalized spacial score (nSPS) is 17.6. The third-order valence-corrected chi connectivity index (χ3v) is 15.4. The van der Waals surface area contributed by atoms with Crippen molar-refractivity contribution in [3.05, 3.63) is 138 Å². The first kappa shape index (κ1) is 57.3. The fourth-order valence-electron chi connectivity index (χ4n) is 10.3. The van der Waals surface area contributed by atoms with Crippen LogP contribution in [0.2, 0.25) is 0 Å². The maximum absolute atomic E-state index is 13.6. The Hall–Kier alpha value is -7.38. The zero-order valence-corrected chi connectivity index (χ0v) is 49.4. The Morgan fingerprint density at radius 2 is 1.11 bits per heavy atom. The minimum atomic E-state index is -0.302. The molecule has 2 N–H and O–H groups in total. The minimum Gasteiger partial charge on any atom is -0.399 e. The summed E-state index contributed by atoms with van der Waals surface area (Å²) >= 11 is 3.40. The number of nitrogens with one attached hydrogen (secondary N) is 2. The fourth-order valence-corrected chi connectivity index (χ4v) is 10.7. The highest BCUT2D eigenvalue weighted by Crippen LogP contribution is 2.42. The van der Waals surface area contributed by atoms with Crippen molar-refractivity contribution in [2.75, 3.05) is 56.4 Å².